The zero-order valence-electron chi connectivity index (χ0n) is 19.0. The van der Waals surface area contributed by atoms with Crippen molar-refractivity contribution >= 4 is 27.6 Å². The highest BCUT2D eigenvalue weighted by molar-refractivity contribution is 7.87. The van der Waals surface area contributed by atoms with Crippen molar-refractivity contribution in [2.24, 2.45) is 5.92 Å². The van der Waals surface area contributed by atoms with Gasteiger partial charge < -0.3 is 14.0 Å². The summed E-state index contributed by atoms with van der Waals surface area (Å²) in [4.78, 5) is 38.7. The van der Waals surface area contributed by atoms with Gasteiger partial charge in [-0.05, 0) is 57.0 Å². The number of amides is 2. The van der Waals surface area contributed by atoms with E-state index < -0.39 is 15.0 Å². The summed E-state index contributed by atoms with van der Waals surface area (Å²) >= 11 is 0. The fourth-order valence-electron chi connectivity index (χ4n) is 3.89. The molecule has 0 spiro atoms. The number of non-ortho nitro benzene ring substituents is 1. The third kappa shape index (κ3) is 5.71. The maximum Gasteiger partial charge on any atom is 0.339 e. The number of carbonyl (C=O) groups excluding carboxylic acids is 2. The molecule has 182 valence electrons. The Bertz CT molecular complexity index is 1150. The first-order chi connectivity index (χ1) is 16.2. The van der Waals surface area contributed by atoms with Crippen LogP contribution >= 0.6 is 0 Å². The van der Waals surface area contributed by atoms with Crippen LogP contribution in [-0.4, -0.2) is 61.1 Å². The topological polar surface area (TPSA) is 127 Å². The highest BCUT2D eigenvalue weighted by Crippen LogP contribution is 2.24. The van der Waals surface area contributed by atoms with E-state index >= 15 is 0 Å². The molecule has 11 heteroatoms. The number of hydrogen-bond acceptors (Lipinski definition) is 7. The first-order valence-electron chi connectivity index (χ1n) is 11.0. The Hall–Kier alpha value is -3.47. The smallest absolute Gasteiger partial charge is 0.339 e. The Kier molecular flexibility index (Phi) is 7.87. The number of hydrogen-bond donors (Lipinski definition) is 0. The molecule has 0 atom stereocenters. The highest BCUT2D eigenvalue weighted by atomic mass is 32.2. The normalized spacial score (nSPS) is 14.5. The predicted molar refractivity (Wildman–Crippen MR) is 124 cm³/mol. The summed E-state index contributed by atoms with van der Waals surface area (Å²) in [5.41, 5.74) is 0.00167. The van der Waals surface area contributed by atoms with Crippen molar-refractivity contribution in [2.45, 2.75) is 31.6 Å². The van der Waals surface area contributed by atoms with Crippen LogP contribution in [-0.2, 0) is 14.9 Å². The Morgan fingerprint density at radius 3 is 2.26 bits per heavy atom. The molecule has 1 fully saturated rings. The van der Waals surface area contributed by atoms with Crippen LogP contribution in [0.25, 0.3) is 0 Å². The molecule has 0 unspecified atom stereocenters. The van der Waals surface area contributed by atoms with Gasteiger partial charge in [-0.3, -0.25) is 19.7 Å². The Labute approximate surface area is 198 Å². The molecule has 10 nitrogen and oxygen atoms in total. The molecule has 1 aliphatic rings. The maximum absolute atomic E-state index is 12.8. The minimum Gasteiger partial charge on any atom is -0.379 e. The van der Waals surface area contributed by atoms with Crippen molar-refractivity contribution in [3.05, 3.63) is 64.2 Å². The molecular formula is C23H27N3O7S. The molecule has 3 rings (SSSR count). The highest BCUT2D eigenvalue weighted by Gasteiger charge is 2.30. The lowest BCUT2D eigenvalue weighted by molar-refractivity contribution is -0.385. The van der Waals surface area contributed by atoms with Crippen LogP contribution in [0.2, 0.25) is 0 Å². The van der Waals surface area contributed by atoms with Crippen LogP contribution in [0.3, 0.4) is 0 Å². The fraction of sp³-hybridized carbons (Fsp3) is 0.391. The van der Waals surface area contributed by atoms with Gasteiger partial charge in [0.05, 0.1) is 4.92 Å². The number of likely N-dealkylation sites (tertiary alicyclic amines) is 1. The summed E-state index contributed by atoms with van der Waals surface area (Å²) in [5, 5.41) is 10.9. The van der Waals surface area contributed by atoms with Crippen LogP contribution < -0.4 is 4.18 Å². The zero-order chi connectivity index (χ0) is 24.9. The Morgan fingerprint density at radius 2 is 1.71 bits per heavy atom. The van der Waals surface area contributed by atoms with Crippen LogP contribution in [0.5, 0.6) is 5.75 Å². The average Bonchev–Trinajstić information content (AvgIpc) is 2.84. The van der Waals surface area contributed by atoms with E-state index in [1.54, 1.807) is 4.90 Å². The molecule has 1 aliphatic heterocycles. The maximum atomic E-state index is 12.8. The predicted octanol–water partition coefficient (Wildman–Crippen LogP) is 3.08. The average molecular weight is 490 g/mol. The fourth-order valence-corrected chi connectivity index (χ4v) is 4.86. The second-order valence-corrected chi connectivity index (χ2v) is 9.44. The van der Waals surface area contributed by atoms with E-state index in [9.17, 15) is 28.1 Å². The summed E-state index contributed by atoms with van der Waals surface area (Å²) in [7, 11) is -4.28. The van der Waals surface area contributed by atoms with Gasteiger partial charge in [-0.25, -0.2) is 0 Å². The number of piperidine rings is 1. The van der Waals surface area contributed by atoms with Gasteiger partial charge >= 0.3 is 10.1 Å². The number of nitro groups is 1. The minimum absolute atomic E-state index is 0.0217. The molecule has 1 saturated heterocycles. The molecule has 0 bridgehead atoms. The molecule has 0 saturated carbocycles. The molecular weight excluding hydrogens is 462 g/mol. The van der Waals surface area contributed by atoms with Gasteiger partial charge in [0, 0.05) is 49.8 Å². The Balaban J connectivity index is 1.62. The Morgan fingerprint density at radius 1 is 1.09 bits per heavy atom. The van der Waals surface area contributed by atoms with Gasteiger partial charge in [-0.15, -0.1) is 0 Å². The van der Waals surface area contributed by atoms with Crippen molar-refractivity contribution in [2.75, 3.05) is 26.2 Å². The third-order valence-corrected chi connectivity index (χ3v) is 7.07. The molecule has 34 heavy (non-hydrogen) atoms. The number of nitro benzene ring substituents is 1. The van der Waals surface area contributed by atoms with E-state index in [1.807, 2.05) is 18.7 Å². The summed E-state index contributed by atoms with van der Waals surface area (Å²) in [6.45, 7) is 6.16. The summed E-state index contributed by atoms with van der Waals surface area (Å²) in [6.07, 6.45) is 1.20. The largest absolute Gasteiger partial charge is 0.379 e. The van der Waals surface area contributed by atoms with Crippen molar-refractivity contribution in [3.8, 4) is 5.75 Å². The minimum atomic E-state index is -4.28. The van der Waals surface area contributed by atoms with Crippen LogP contribution in [0.1, 0.15) is 37.0 Å². The molecule has 2 amide bonds. The summed E-state index contributed by atoms with van der Waals surface area (Å²) < 4.78 is 30.0. The SMILES string of the molecule is CCN(CC)C(=O)C1CCN(C(=O)c2ccc(OS(=O)(=O)c3cccc([N+](=O)[O-])c3)cc2)CC1. The molecule has 0 aromatic heterocycles. The molecule has 2 aromatic rings. The number of nitrogens with zero attached hydrogens (tertiary/aromatic N) is 3. The molecule has 0 radical (unpaired) electrons. The van der Waals surface area contributed by atoms with Crippen LogP contribution in [0.4, 0.5) is 5.69 Å². The molecule has 2 aromatic carbocycles. The van der Waals surface area contributed by atoms with E-state index in [4.69, 9.17) is 4.18 Å². The van der Waals surface area contributed by atoms with Gasteiger partial charge in [-0.1, -0.05) is 6.07 Å². The van der Waals surface area contributed by atoms with E-state index in [1.165, 1.54) is 42.5 Å². The van der Waals surface area contributed by atoms with E-state index in [2.05, 4.69) is 0 Å². The number of benzene rings is 2. The van der Waals surface area contributed by atoms with E-state index in [-0.39, 0.29) is 34.1 Å². The number of carbonyl (C=O) groups is 2. The summed E-state index contributed by atoms with van der Waals surface area (Å²) in [5.74, 6) is -0.185. The molecule has 1 heterocycles. The third-order valence-electron chi connectivity index (χ3n) is 5.83. The lowest BCUT2D eigenvalue weighted by atomic mass is 9.94. The second-order valence-electron chi connectivity index (χ2n) is 7.89. The van der Waals surface area contributed by atoms with Gasteiger partial charge in [0.1, 0.15) is 10.6 Å². The monoisotopic (exact) mass is 489 g/mol. The lowest BCUT2D eigenvalue weighted by Crippen LogP contribution is -2.44. The molecule has 0 aliphatic carbocycles. The van der Waals surface area contributed by atoms with Crippen LogP contribution in [0.15, 0.2) is 53.4 Å². The van der Waals surface area contributed by atoms with E-state index in [0.29, 0.717) is 44.6 Å². The lowest BCUT2D eigenvalue weighted by Gasteiger charge is -2.33. The van der Waals surface area contributed by atoms with Gasteiger partial charge in [0.25, 0.3) is 11.6 Å². The quantitative estimate of drug-likeness (QED) is 0.317. The molecule has 0 N–H and O–H groups in total. The first-order valence-corrected chi connectivity index (χ1v) is 12.4. The van der Waals surface area contributed by atoms with Crippen molar-refractivity contribution < 1.29 is 27.1 Å². The number of rotatable bonds is 8. The zero-order valence-corrected chi connectivity index (χ0v) is 19.9. The van der Waals surface area contributed by atoms with Gasteiger partial charge in [-0.2, -0.15) is 8.42 Å². The van der Waals surface area contributed by atoms with Crippen LogP contribution in [0, 0.1) is 16.0 Å². The van der Waals surface area contributed by atoms with Crippen molar-refractivity contribution in [1.82, 2.24) is 9.80 Å². The summed E-state index contributed by atoms with van der Waals surface area (Å²) in [6, 6.07) is 10.2. The van der Waals surface area contributed by atoms with Gasteiger partial charge in [0.2, 0.25) is 5.91 Å². The second kappa shape index (κ2) is 10.6. The van der Waals surface area contributed by atoms with E-state index in [0.717, 1.165) is 6.07 Å². The first kappa shape index (κ1) is 25.2. The van der Waals surface area contributed by atoms with Crippen molar-refractivity contribution in [1.29, 1.82) is 0 Å². The standard InChI is InChI=1S/C23H27N3O7S/c1-3-24(4-2)22(27)18-12-14-25(15-13-18)23(28)17-8-10-20(11-9-17)33-34(31,32)21-7-5-6-19(16-21)26(29)30/h5-11,16,18H,3-4,12-15H2,1-2H3. The van der Waals surface area contributed by atoms with Crippen molar-refractivity contribution in [3.63, 3.8) is 0 Å². The van der Waals surface area contributed by atoms with Gasteiger partial charge in [0.15, 0.2) is 0 Å².